The monoisotopic (exact) mass is 180 g/mol. The predicted molar refractivity (Wildman–Crippen MR) is 52.3 cm³/mol. The highest BCUT2D eigenvalue weighted by Gasteiger charge is 2.29. The van der Waals surface area contributed by atoms with Gasteiger partial charge < -0.3 is 10.2 Å². The lowest BCUT2D eigenvalue weighted by atomic mass is 9.91. The number of rotatable bonds is 3. The van der Waals surface area contributed by atoms with Crippen molar-refractivity contribution in [2.45, 2.75) is 32.0 Å². The second kappa shape index (κ2) is 3.90. The van der Waals surface area contributed by atoms with Crippen LogP contribution in [-0.4, -0.2) is 15.8 Å². The Bertz CT molecular complexity index is 254. The first-order valence-electron chi connectivity index (χ1n) is 4.53. The van der Waals surface area contributed by atoms with Crippen LogP contribution in [0.5, 0.6) is 0 Å². The van der Waals surface area contributed by atoms with Crippen molar-refractivity contribution in [3.8, 4) is 0 Å². The molecule has 0 saturated carbocycles. The highest BCUT2D eigenvalue weighted by Crippen LogP contribution is 2.27. The summed E-state index contributed by atoms with van der Waals surface area (Å²) in [6, 6.07) is 9.22. The van der Waals surface area contributed by atoms with Crippen LogP contribution in [0.2, 0.25) is 0 Å². The number of aliphatic hydroxyl groups is 2. The first-order chi connectivity index (χ1) is 6.08. The van der Waals surface area contributed by atoms with E-state index in [1.54, 1.807) is 6.92 Å². The molecule has 72 valence electrons. The number of hydrogen-bond acceptors (Lipinski definition) is 2. The van der Waals surface area contributed by atoms with Crippen molar-refractivity contribution >= 4 is 0 Å². The molecule has 1 aromatic carbocycles. The van der Waals surface area contributed by atoms with E-state index >= 15 is 0 Å². The van der Waals surface area contributed by atoms with Gasteiger partial charge in [-0.1, -0.05) is 37.3 Å². The number of hydrogen-bond donors (Lipinski definition) is 2. The Kier molecular flexibility index (Phi) is 3.07. The molecule has 0 aliphatic rings. The molecule has 0 saturated heterocycles. The maximum Gasteiger partial charge on any atom is 0.107 e. The summed E-state index contributed by atoms with van der Waals surface area (Å²) >= 11 is 0. The SMILES string of the molecule is CC[C@](C)(O)[C@@H](O)c1ccccc1. The van der Waals surface area contributed by atoms with Crippen LogP contribution in [0.15, 0.2) is 30.3 Å². The smallest absolute Gasteiger partial charge is 0.107 e. The first-order valence-corrected chi connectivity index (χ1v) is 4.53. The summed E-state index contributed by atoms with van der Waals surface area (Å²) in [5, 5.41) is 19.6. The van der Waals surface area contributed by atoms with Gasteiger partial charge in [-0.15, -0.1) is 0 Å². The summed E-state index contributed by atoms with van der Waals surface area (Å²) in [4.78, 5) is 0. The Balaban J connectivity index is 2.85. The molecule has 0 aliphatic heterocycles. The Morgan fingerprint density at radius 1 is 1.31 bits per heavy atom. The molecule has 0 unspecified atom stereocenters. The lowest BCUT2D eigenvalue weighted by molar-refractivity contribution is -0.0658. The summed E-state index contributed by atoms with van der Waals surface area (Å²) in [6.45, 7) is 3.50. The maximum absolute atomic E-state index is 9.80. The van der Waals surface area contributed by atoms with Crippen LogP contribution in [0.3, 0.4) is 0 Å². The lowest BCUT2D eigenvalue weighted by Gasteiger charge is -2.27. The molecule has 13 heavy (non-hydrogen) atoms. The van der Waals surface area contributed by atoms with E-state index in [1.807, 2.05) is 37.3 Å². The highest BCUT2D eigenvalue weighted by atomic mass is 16.3. The molecule has 2 N–H and O–H groups in total. The Hall–Kier alpha value is -0.860. The highest BCUT2D eigenvalue weighted by molar-refractivity contribution is 5.19. The minimum absolute atomic E-state index is 0.531. The van der Waals surface area contributed by atoms with Gasteiger partial charge in [-0.25, -0.2) is 0 Å². The van der Waals surface area contributed by atoms with Crippen LogP contribution in [0, 0.1) is 0 Å². The summed E-state index contributed by atoms with van der Waals surface area (Å²) in [6.07, 6.45) is -0.276. The third kappa shape index (κ3) is 2.29. The zero-order chi connectivity index (χ0) is 9.90. The molecule has 0 heterocycles. The normalized spacial score (nSPS) is 17.8. The van der Waals surface area contributed by atoms with Gasteiger partial charge in [0, 0.05) is 0 Å². The van der Waals surface area contributed by atoms with E-state index in [0.717, 1.165) is 5.56 Å². The van der Waals surface area contributed by atoms with E-state index in [1.165, 1.54) is 0 Å². The molecule has 0 radical (unpaired) electrons. The van der Waals surface area contributed by atoms with E-state index in [0.29, 0.717) is 6.42 Å². The summed E-state index contributed by atoms with van der Waals surface area (Å²) < 4.78 is 0. The fraction of sp³-hybridized carbons (Fsp3) is 0.455. The topological polar surface area (TPSA) is 40.5 Å². The summed E-state index contributed by atoms with van der Waals surface area (Å²) in [5.74, 6) is 0. The molecular weight excluding hydrogens is 164 g/mol. The molecule has 0 amide bonds. The minimum atomic E-state index is -1.04. The van der Waals surface area contributed by atoms with Crippen molar-refractivity contribution in [2.75, 3.05) is 0 Å². The van der Waals surface area contributed by atoms with Crippen LogP contribution in [-0.2, 0) is 0 Å². The third-order valence-corrected chi connectivity index (χ3v) is 2.42. The van der Waals surface area contributed by atoms with Gasteiger partial charge in [0.15, 0.2) is 0 Å². The zero-order valence-electron chi connectivity index (χ0n) is 8.07. The maximum atomic E-state index is 9.80. The van der Waals surface area contributed by atoms with E-state index in [9.17, 15) is 10.2 Å². The molecule has 2 nitrogen and oxygen atoms in total. The van der Waals surface area contributed by atoms with E-state index in [4.69, 9.17) is 0 Å². The van der Waals surface area contributed by atoms with Gasteiger partial charge in [0.1, 0.15) is 6.10 Å². The number of aliphatic hydroxyl groups excluding tert-OH is 1. The van der Waals surface area contributed by atoms with Crippen molar-refractivity contribution in [1.82, 2.24) is 0 Å². The van der Waals surface area contributed by atoms with Crippen molar-refractivity contribution in [3.05, 3.63) is 35.9 Å². The molecule has 2 atom stereocenters. The van der Waals surface area contributed by atoms with Crippen molar-refractivity contribution < 1.29 is 10.2 Å². The molecule has 2 heteroatoms. The van der Waals surface area contributed by atoms with Gasteiger partial charge in [-0.2, -0.15) is 0 Å². The van der Waals surface area contributed by atoms with E-state index in [2.05, 4.69) is 0 Å². The van der Waals surface area contributed by atoms with E-state index < -0.39 is 11.7 Å². The molecule has 0 spiro atoms. The average Bonchev–Trinajstić information content (AvgIpc) is 2.18. The molecular formula is C11H16O2. The van der Waals surface area contributed by atoms with Gasteiger partial charge in [0.2, 0.25) is 0 Å². The van der Waals surface area contributed by atoms with Crippen LogP contribution in [0.25, 0.3) is 0 Å². The van der Waals surface area contributed by atoms with Gasteiger partial charge in [0.05, 0.1) is 5.60 Å². The van der Waals surface area contributed by atoms with Crippen LogP contribution < -0.4 is 0 Å². The van der Waals surface area contributed by atoms with Gasteiger partial charge in [-0.3, -0.25) is 0 Å². The predicted octanol–water partition coefficient (Wildman–Crippen LogP) is 1.88. The zero-order valence-corrected chi connectivity index (χ0v) is 8.07. The molecule has 1 rings (SSSR count). The molecule has 0 aromatic heterocycles. The molecule has 0 bridgehead atoms. The summed E-state index contributed by atoms with van der Waals surface area (Å²) in [5.41, 5.74) is -0.282. The van der Waals surface area contributed by atoms with Gasteiger partial charge in [-0.05, 0) is 18.9 Å². The fourth-order valence-corrected chi connectivity index (χ4v) is 1.19. The summed E-state index contributed by atoms with van der Waals surface area (Å²) in [7, 11) is 0. The standard InChI is InChI=1S/C11H16O2/c1-3-11(2,13)10(12)9-7-5-4-6-8-9/h4-8,10,12-13H,3H2,1-2H3/t10-,11-/m0/s1. The van der Waals surface area contributed by atoms with Crippen LogP contribution in [0.4, 0.5) is 0 Å². The van der Waals surface area contributed by atoms with Crippen molar-refractivity contribution in [2.24, 2.45) is 0 Å². The van der Waals surface area contributed by atoms with Crippen molar-refractivity contribution in [1.29, 1.82) is 0 Å². The van der Waals surface area contributed by atoms with Crippen molar-refractivity contribution in [3.63, 3.8) is 0 Å². The van der Waals surface area contributed by atoms with E-state index in [-0.39, 0.29) is 0 Å². The Labute approximate surface area is 78.8 Å². The Morgan fingerprint density at radius 3 is 2.31 bits per heavy atom. The minimum Gasteiger partial charge on any atom is -0.387 e. The van der Waals surface area contributed by atoms with Gasteiger partial charge >= 0.3 is 0 Å². The second-order valence-electron chi connectivity index (χ2n) is 3.52. The first kappa shape index (κ1) is 10.2. The fourth-order valence-electron chi connectivity index (χ4n) is 1.19. The van der Waals surface area contributed by atoms with Crippen LogP contribution >= 0.6 is 0 Å². The average molecular weight is 180 g/mol. The molecule has 0 fully saturated rings. The second-order valence-corrected chi connectivity index (χ2v) is 3.52. The third-order valence-electron chi connectivity index (χ3n) is 2.42. The molecule has 0 aliphatic carbocycles. The lowest BCUT2D eigenvalue weighted by Crippen LogP contribution is -2.31. The quantitative estimate of drug-likeness (QED) is 0.745. The Morgan fingerprint density at radius 2 is 1.85 bits per heavy atom. The number of benzene rings is 1. The largest absolute Gasteiger partial charge is 0.387 e. The van der Waals surface area contributed by atoms with Crippen LogP contribution in [0.1, 0.15) is 31.9 Å². The van der Waals surface area contributed by atoms with Gasteiger partial charge in [0.25, 0.3) is 0 Å². The molecule has 1 aromatic rings.